The number of hydrogen-bond donors (Lipinski definition) is 1. The van der Waals surface area contributed by atoms with Gasteiger partial charge in [0.05, 0.1) is 12.1 Å². The molecule has 0 heterocycles. The standard InChI is InChI=1S/C28H36N2O3/c1-20(2)30(19-31)27(32)29-26-25-17-22(10-9-21-7-5-4-6-8-21)11-12-23(25)18-28(26)15-13-24(33-3)14-16-28/h4-8,11-12,17,19-20,24,26H,9-10,13-16,18H2,1-3H3,(H,29,32)/t24-,26?,28-. The predicted molar refractivity (Wildman–Crippen MR) is 130 cm³/mol. The molecule has 0 saturated heterocycles. The van der Waals surface area contributed by atoms with Gasteiger partial charge in [-0.15, -0.1) is 0 Å². The van der Waals surface area contributed by atoms with Gasteiger partial charge in [-0.3, -0.25) is 9.69 Å². The molecular formula is C28H36N2O3. The lowest BCUT2D eigenvalue weighted by Crippen LogP contribution is -2.48. The molecule has 5 heteroatoms. The summed E-state index contributed by atoms with van der Waals surface area (Å²) >= 11 is 0. The average Bonchev–Trinajstić information content (AvgIpc) is 3.11. The van der Waals surface area contributed by atoms with E-state index in [2.05, 4.69) is 47.8 Å². The summed E-state index contributed by atoms with van der Waals surface area (Å²) in [6, 6.07) is 16.8. The van der Waals surface area contributed by atoms with Gasteiger partial charge in [0.2, 0.25) is 6.41 Å². The minimum Gasteiger partial charge on any atom is -0.381 e. The maximum atomic E-state index is 13.1. The Morgan fingerprint density at radius 2 is 1.82 bits per heavy atom. The van der Waals surface area contributed by atoms with Gasteiger partial charge in [-0.1, -0.05) is 48.5 Å². The third-order valence-electron chi connectivity index (χ3n) is 7.66. The molecule has 0 aromatic heterocycles. The first-order valence-corrected chi connectivity index (χ1v) is 12.2. The Hall–Kier alpha value is -2.66. The predicted octanol–water partition coefficient (Wildman–Crippen LogP) is 5.22. The first-order chi connectivity index (χ1) is 16.0. The smallest absolute Gasteiger partial charge is 0.324 e. The molecule has 1 saturated carbocycles. The zero-order valence-corrected chi connectivity index (χ0v) is 20.0. The van der Waals surface area contributed by atoms with Gasteiger partial charge >= 0.3 is 6.03 Å². The maximum Gasteiger partial charge on any atom is 0.324 e. The van der Waals surface area contributed by atoms with Crippen LogP contribution in [0.3, 0.4) is 0 Å². The van der Waals surface area contributed by atoms with Crippen LogP contribution in [-0.4, -0.2) is 36.6 Å². The number of ether oxygens (including phenoxy) is 1. The van der Waals surface area contributed by atoms with E-state index in [-0.39, 0.29) is 23.5 Å². The van der Waals surface area contributed by atoms with E-state index in [0.29, 0.717) is 12.5 Å². The molecule has 3 amide bonds. The third-order valence-corrected chi connectivity index (χ3v) is 7.66. The zero-order chi connectivity index (χ0) is 23.4. The van der Waals surface area contributed by atoms with Crippen molar-refractivity contribution in [1.82, 2.24) is 10.2 Å². The molecule has 1 spiro atoms. The molecule has 1 unspecified atom stereocenters. The Morgan fingerprint density at radius 1 is 1.12 bits per heavy atom. The van der Waals surface area contributed by atoms with Crippen LogP contribution in [0.4, 0.5) is 4.79 Å². The lowest BCUT2D eigenvalue weighted by atomic mass is 9.68. The Labute approximate surface area is 197 Å². The SMILES string of the molecule is CO[C@H]1CC[C@]2(CC1)Cc1ccc(CCc3ccccc3)cc1C2NC(=O)N(C=O)C(C)C. The number of nitrogens with one attached hydrogen (secondary N) is 1. The molecule has 2 aromatic carbocycles. The van der Waals surface area contributed by atoms with Gasteiger partial charge in [0.25, 0.3) is 0 Å². The van der Waals surface area contributed by atoms with Crippen molar-refractivity contribution < 1.29 is 14.3 Å². The fraction of sp³-hybridized carbons (Fsp3) is 0.500. The van der Waals surface area contributed by atoms with Gasteiger partial charge in [0.15, 0.2) is 0 Å². The first kappa shape index (κ1) is 23.5. The van der Waals surface area contributed by atoms with Gasteiger partial charge in [-0.25, -0.2) is 4.79 Å². The highest BCUT2D eigenvalue weighted by atomic mass is 16.5. The van der Waals surface area contributed by atoms with Crippen LogP contribution in [0, 0.1) is 5.41 Å². The van der Waals surface area contributed by atoms with E-state index < -0.39 is 0 Å². The minimum atomic E-state index is -0.305. The Bertz CT molecular complexity index is 964. The summed E-state index contributed by atoms with van der Waals surface area (Å²) in [5, 5.41) is 3.28. The van der Waals surface area contributed by atoms with Crippen LogP contribution in [0.25, 0.3) is 0 Å². The first-order valence-electron chi connectivity index (χ1n) is 12.2. The molecule has 0 bridgehead atoms. The summed E-state index contributed by atoms with van der Waals surface area (Å²) in [7, 11) is 1.79. The molecule has 0 aliphatic heterocycles. The number of rotatable bonds is 7. The van der Waals surface area contributed by atoms with Crippen LogP contribution in [0.1, 0.15) is 67.8 Å². The molecule has 4 rings (SSSR count). The topological polar surface area (TPSA) is 58.6 Å². The highest BCUT2D eigenvalue weighted by Gasteiger charge is 2.49. The number of fused-ring (bicyclic) bond motifs is 1. The Kier molecular flexibility index (Phi) is 7.18. The molecule has 1 fully saturated rings. The van der Waals surface area contributed by atoms with E-state index in [4.69, 9.17) is 4.74 Å². The molecular weight excluding hydrogens is 412 g/mol. The number of imide groups is 1. The number of carbonyl (C=O) groups excluding carboxylic acids is 2. The van der Waals surface area contributed by atoms with Crippen LogP contribution >= 0.6 is 0 Å². The number of carbonyl (C=O) groups is 2. The zero-order valence-electron chi connectivity index (χ0n) is 20.0. The number of benzene rings is 2. The van der Waals surface area contributed by atoms with Gasteiger partial charge in [0.1, 0.15) is 0 Å². The van der Waals surface area contributed by atoms with Gasteiger partial charge in [-0.2, -0.15) is 0 Å². The van der Waals surface area contributed by atoms with Crippen LogP contribution in [0.15, 0.2) is 48.5 Å². The van der Waals surface area contributed by atoms with E-state index in [1.54, 1.807) is 7.11 Å². The highest BCUT2D eigenvalue weighted by Crippen LogP contribution is 2.54. The minimum absolute atomic E-state index is 0.0173. The summed E-state index contributed by atoms with van der Waals surface area (Å²) in [5.41, 5.74) is 5.14. The van der Waals surface area contributed by atoms with Crippen molar-refractivity contribution in [2.45, 2.75) is 77.0 Å². The van der Waals surface area contributed by atoms with Gasteiger partial charge in [-0.05, 0) is 86.5 Å². The van der Waals surface area contributed by atoms with E-state index >= 15 is 0 Å². The molecule has 1 N–H and O–H groups in total. The molecule has 33 heavy (non-hydrogen) atoms. The molecule has 0 radical (unpaired) electrons. The average molecular weight is 449 g/mol. The summed E-state index contributed by atoms with van der Waals surface area (Å²) < 4.78 is 5.63. The van der Waals surface area contributed by atoms with Gasteiger partial charge in [0, 0.05) is 13.2 Å². The van der Waals surface area contributed by atoms with E-state index in [0.717, 1.165) is 44.9 Å². The van der Waals surface area contributed by atoms with Crippen LogP contribution in [0.2, 0.25) is 0 Å². The number of urea groups is 1. The van der Waals surface area contributed by atoms with E-state index in [1.807, 2.05) is 19.9 Å². The number of hydrogen-bond acceptors (Lipinski definition) is 3. The molecule has 2 aliphatic rings. The molecule has 2 aliphatic carbocycles. The van der Waals surface area contributed by atoms with Crippen molar-refractivity contribution in [2.75, 3.05) is 7.11 Å². The van der Waals surface area contributed by atoms with Crippen molar-refractivity contribution in [3.63, 3.8) is 0 Å². The molecule has 2 aromatic rings. The van der Waals surface area contributed by atoms with Crippen molar-refractivity contribution in [2.24, 2.45) is 5.41 Å². The lowest BCUT2D eigenvalue weighted by Gasteiger charge is -2.42. The molecule has 1 atom stereocenters. The second-order valence-electron chi connectivity index (χ2n) is 9.98. The number of amides is 3. The quantitative estimate of drug-likeness (QED) is 0.591. The van der Waals surface area contributed by atoms with Crippen molar-refractivity contribution in [3.05, 3.63) is 70.8 Å². The van der Waals surface area contributed by atoms with Crippen molar-refractivity contribution >= 4 is 12.4 Å². The third kappa shape index (κ3) is 4.98. The summed E-state index contributed by atoms with van der Waals surface area (Å²) in [6.45, 7) is 3.72. The Morgan fingerprint density at radius 3 is 2.45 bits per heavy atom. The van der Waals surface area contributed by atoms with Gasteiger partial charge < -0.3 is 10.1 Å². The Balaban J connectivity index is 1.60. The largest absolute Gasteiger partial charge is 0.381 e. The monoisotopic (exact) mass is 448 g/mol. The van der Waals surface area contributed by atoms with Crippen molar-refractivity contribution in [3.8, 4) is 0 Å². The highest BCUT2D eigenvalue weighted by molar-refractivity contribution is 5.85. The van der Waals surface area contributed by atoms with E-state index in [1.165, 1.54) is 27.2 Å². The molecule has 176 valence electrons. The summed E-state index contributed by atoms with van der Waals surface area (Å²) in [5.74, 6) is 0. The van der Waals surface area contributed by atoms with E-state index in [9.17, 15) is 9.59 Å². The van der Waals surface area contributed by atoms with Crippen LogP contribution < -0.4 is 5.32 Å². The van der Waals surface area contributed by atoms with Crippen LogP contribution in [0.5, 0.6) is 0 Å². The summed E-state index contributed by atoms with van der Waals surface area (Å²) in [6.07, 6.45) is 7.86. The number of methoxy groups -OCH3 is 1. The lowest BCUT2D eigenvalue weighted by molar-refractivity contribution is -0.116. The second kappa shape index (κ2) is 10.1. The summed E-state index contributed by atoms with van der Waals surface area (Å²) in [4.78, 5) is 25.9. The normalized spacial score (nSPS) is 24.0. The fourth-order valence-corrected chi connectivity index (χ4v) is 5.67. The fourth-order valence-electron chi connectivity index (χ4n) is 5.67. The molecule has 5 nitrogen and oxygen atoms in total. The second-order valence-corrected chi connectivity index (χ2v) is 9.98. The maximum absolute atomic E-state index is 13.1. The van der Waals surface area contributed by atoms with Crippen molar-refractivity contribution in [1.29, 1.82) is 0 Å². The number of nitrogens with zero attached hydrogens (tertiary/aromatic N) is 1. The number of aryl methyl sites for hydroxylation is 2. The van der Waals surface area contributed by atoms with Crippen LogP contribution in [-0.2, 0) is 28.8 Å².